The molecule has 0 radical (unpaired) electrons. The maximum absolute atomic E-state index is 11.3. The van der Waals surface area contributed by atoms with Crippen molar-refractivity contribution in [3.63, 3.8) is 0 Å². The van der Waals surface area contributed by atoms with E-state index in [-0.39, 0.29) is 5.92 Å². The number of benzene rings is 1. The second-order valence-corrected chi connectivity index (χ2v) is 5.03. The van der Waals surface area contributed by atoms with E-state index in [0.717, 1.165) is 16.9 Å². The van der Waals surface area contributed by atoms with E-state index < -0.39 is 11.9 Å². The molecule has 0 spiro atoms. The Kier molecular flexibility index (Phi) is 5.21. The number of methoxy groups -OCH3 is 2. The van der Waals surface area contributed by atoms with E-state index in [1.165, 1.54) is 0 Å². The predicted octanol–water partition coefficient (Wildman–Crippen LogP) is 2.91. The maximum Gasteiger partial charge on any atom is 0.307 e. The van der Waals surface area contributed by atoms with Crippen LogP contribution in [-0.4, -0.2) is 25.3 Å². The lowest BCUT2D eigenvalue weighted by atomic mass is 9.88. The van der Waals surface area contributed by atoms with Crippen molar-refractivity contribution in [1.29, 1.82) is 0 Å². The van der Waals surface area contributed by atoms with Crippen LogP contribution in [-0.2, 0) is 11.2 Å². The number of hydrogen-bond acceptors (Lipinski definition) is 3. The number of rotatable bonds is 6. The number of carbonyl (C=O) groups is 1. The molecule has 4 heteroatoms. The molecule has 1 atom stereocenters. The summed E-state index contributed by atoms with van der Waals surface area (Å²) in [6, 6.07) is 3.75. The first kappa shape index (κ1) is 15.3. The van der Waals surface area contributed by atoms with Crippen molar-refractivity contribution in [2.75, 3.05) is 14.2 Å². The Morgan fingerprint density at radius 3 is 2.21 bits per heavy atom. The molecule has 1 aromatic carbocycles. The molecule has 1 aromatic rings. The van der Waals surface area contributed by atoms with E-state index >= 15 is 0 Å². The largest absolute Gasteiger partial charge is 0.496 e. The maximum atomic E-state index is 11.3. The summed E-state index contributed by atoms with van der Waals surface area (Å²) >= 11 is 0. The van der Waals surface area contributed by atoms with Gasteiger partial charge in [0.2, 0.25) is 0 Å². The lowest BCUT2D eigenvalue weighted by Gasteiger charge is -2.19. The fourth-order valence-corrected chi connectivity index (χ4v) is 2.12. The van der Waals surface area contributed by atoms with Gasteiger partial charge in [-0.15, -0.1) is 0 Å². The summed E-state index contributed by atoms with van der Waals surface area (Å²) in [4.78, 5) is 11.3. The highest BCUT2D eigenvalue weighted by atomic mass is 16.5. The first-order valence-corrected chi connectivity index (χ1v) is 6.35. The Morgan fingerprint density at radius 2 is 1.79 bits per heavy atom. The van der Waals surface area contributed by atoms with E-state index in [2.05, 4.69) is 0 Å². The molecule has 0 aliphatic carbocycles. The van der Waals surface area contributed by atoms with Crippen LogP contribution in [0, 0.1) is 18.8 Å². The minimum atomic E-state index is -0.781. The standard InChI is InChI=1S/C15H22O4/c1-9(2)12(15(16)17)7-11-8-13(18-4)10(3)6-14(11)19-5/h6,8-9,12H,7H2,1-5H3,(H,16,17). The van der Waals surface area contributed by atoms with Crippen LogP contribution in [0.5, 0.6) is 11.5 Å². The van der Waals surface area contributed by atoms with Crippen LogP contribution in [0.15, 0.2) is 12.1 Å². The highest BCUT2D eigenvalue weighted by molar-refractivity contribution is 5.71. The highest BCUT2D eigenvalue weighted by Gasteiger charge is 2.24. The average Bonchev–Trinajstić information content (AvgIpc) is 2.35. The number of aliphatic carboxylic acids is 1. The molecule has 0 aliphatic rings. The fourth-order valence-electron chi connectivity index (χ4n) is 2.12. The summed E-state index contributed by atoms with van der Waals surface area (Å²) in [5.41, 5.74) is 1.84. The van der Waals surface area contributed by atoms with Gasteiger partial charge >= 0.3 is 5.97 Å². The molecular formula is C15H22O4. The highest BCUT2D eigenvalue weighted by Crippen LogP contribution is 2.31. The first-order valence-electron chi connectivity index (χ1n) is 6.35. The summed E-state index contributed by atoms with van der Waals surface area (Å²) in [6.07, 6.45) is 0.437. The molecule has 0 saturated carbocycles. The van der Waals surface area contributed by atoms with Gasteiger partial charge in [-0.3, -0.25) is 4.79 Å². The molecule has 1 rings (SSSR count). The van der Waals surface area contributed by atoms with Crippen LogP contribution in [0.2, 0.25) is 0 Å². The molecule has 4 nitrogen and oxygen atoms in total. The lowest BCUT2D eigenvalue weighted by Crippen LogP contribution is -2.22. The molecule has 0 bridgehead atoms. The van der Waals surface area contributed by atoms with Crippen molar-refractivity contribution in [3.05, 3.63) is 23.3 Å². The van der Waals surface area contributed by atoms with E-state index in [1.807, 2.05) is 32.9 Å². The second-order valence-electron chi connectivity index (χ2n) is 5.03. The SMILES string of the molecule is COc1cc(CC(C(=O)O)C(C)C)c(OC)cc1C. The number of hydrogen-bond donors (Lipinski definition) is 1. The zero-order valence-electron chi connectivity index (χ0n) is 12.2. The number of carboxylic acids is 1. The van der Waals surface area contributed by atoms with E-state index in [0.29, 0.717) is 12.2 Å². The third-order valence-corrected chi connectivity index (χ3v) is 3.36. The molecule has 1 unspecified atom stereocenters. The predicted molar refractivity (Wildman–Crippen MR) is 74.0 cm³/mol. The fraction of sp³-hybridized carbons (Fsp3) is 0.533. The van der Waals surface area contributed by atoms with Gasteiger partial charge in [0.1, 0.15) is 11.5 Å². The van der Waals surface area contributed by atoms with Gasteiger partial charge in [-0.1, -0.05) is 13.8 Å². The van der Waals surface area contributed by atoms with E-state index in [1.54, 1.807) is 14.2 Å². The molecule has 1 N–H and O–H groups in total. The van der Waals surface area contributed by atoms with Crippen LogP contribution in [0.1, 0.15) is 25.0 Å². The molecule has 19 heavy (non-hydrogen) atoms. The van der Waals surface area contributed by atoms with Gasteiger partial charge in [-0.2, -0.15) is 0 Å². The second kappa shape index (κ2) is 6.45. The zero-order valence-corrected chi connectivity index (χ0v) is 12.2. The number of aryl methyl sites for hydroxylation is 1. The van der Waals surface area contributed by atoms with Gasteiger partial charge in [0.05, 0.1) is 20.1 Å². The third-order valence-electron chi connectivity index (χ3n) is 3.36. The molecule has 0 fully saturated rings. The minimum absolute atomic E-state index is 0.0644. The van der Waals surface area contributed by atoms with Crippen molar-refractivity contribution in [2.24, 2.45) is 11.8 Å². The molecule has 0 heterocycles. The van der Waals surface area contributed by atoms with Crippen LogP contribution in [0.25, 0.3) is 0 Å². The lowest BCUT2D eigenvalue weighted by molar-refractivity contribution is -0.143. The van der Waals surface area contributed by atoms with Gasteiger partial charge in [0.15, 0.2) is 0 Å². The topological polar surface area (TPSA) is 55.8 Å². The van der Waals surface area contributed by atoms with Gasteiger partial charge < -0.3 is 14.6 Å². The van der Waals surface area contributed by atoms with Crippen molar-refractivity contribution in [1.82, 2.24) is 0 Å². The minimum Gasteiger partial charge on any atom is -0.496 e. The van der Waals surface area contributed by atoms with Crippen LogP contribution < -0.4 is 9.47 Å². The summed E-state index contributed by atoms with van der Waals surface area (Å²) < 4.78 is 10.6. The normalized spacial score (nSPS) is 12.3. The van der Waals surface area contributed by atoms with Crippen molar-refractivity contribution < 1.29 is 19.4 Å². The Labute approximate surface area is 114 Å². The van der Waals surface area contributed by atoms with E-state index in [9.17, 15) is 9.90 Å². The van der Waals surface area contributed by atoms with Crippen LogP contribution >= 0.6 is 0 Å². The van der Waals surface area contributed by atoms with Gasteiger partial charge in [-0.25, -0.2) is 0 Å². The van der Waals surface area contributed by atoms with Crippen LogP contribution in [0.3, 0.4) is 0 Å². The van der Waals surface area contributed by atoms with Gasteiger partial charge in [0.25, 0.3) is 0 Å². The molecule has 0 aliphatic heterocycles. The number of carboxylic acid groups (broad SMARTS) is 1. The monoisotopic (exact) mass is 266 g/mol. The molecule has 0 saturated heterocycles. The smallest absolute Gasteiger partial charge is 0.307 e. The molecule has 0 aromatic heterocycles. The molecule has 0 amide bonds. The quantitative estimate of drug-likeness (QED) is 0.860. The Hall–Kier alpha value is -1.71. The average molecular weight is 266 g/mol. The summed E-state index contributed by atoms with van der Waals surface area (Å²) in [5, 5.41) is 9.28. The van der Waals surface area contributed by atoms with Crippen molar-refractivity contribution in [3.8, 4) is 11.5 Å². The van der Waals surface area contributed by atoms with Crippen molar-refractivity contribution in [2.45, 2.75) is 27.2 Å². The third kappa shape index (κ3) is 3.63. The van der Waals surface area contributed by atoms with Crippen LogP contribution in [0.4, 0.5) is 0 Å². The van der Waals surface area contributed by atoms with E-state index in [4.69, 9.17) is 9.47 Å². The molecular weight excluding hydrogens is 244 g/mol. The van der Waals surface area contributed by atoms with Crippen molar-refractivity contribution >= 4 is 5.97 Å². The summed E-state index contributed by atoms with van der Waals surface area (Å²) in [5.74, 6) is 0.321. The van der Waals surface area contributed by atoms with Gasteiger partial charge in [0, 0.05) is 0 Å². The Balaban J connectivity index is 3.14. The summed E-state index contributed by atoms with van der Waals surface area (Å²) in [6.45, 7) is 5.76. The van der Waals surface area contributed by atoms with Gasteiger partial charge in [-0.05, 0) is 42.5 Å². The summed E-state index contributed by atoms with van der Waals surface area (Å²) in [7, 11) is 3.20. The number of ether oxygens (including phenoxy) is 2. The first-order chi connectivity index (χ1) is 8.90. The Bertz CT molecular complexity index is 452. The molecule has 106 valence electrons. The zero-order chi connectivity index (χ0) is 14.6. The Morgan fingerprint density at radius 1 is 1.21 bits per heavy atom.